The van der Waals surface area contributed by atoms with E-state index >= 15 is 0 Å². The fourth-order valence-corrected chi connectivity index (χ4v) is 4.40. The van der Waals surface area contributed by atoms with Crippen molar-refractivity contribution in [3.8, 4) is 11.5 Å². The van der Waals surface area contributed by atoms with E-state index in [1.807, 2.05) is 22.6 Å². The number of rotatable bonds is 8. The van der Waals surface area contributed by atoms with Crippen molar-refractivity contribution in [3.05, 3.63) is 50.1 Å². The smallest absolute Gasteiger partial charge is 0.305 e. The summed E-state index contributed by atoms with van der Waals surface area (Å²) in [5.74, 6) is -2.34. The molecular weight excluding hydrogens is 593 g/mol. The van der Waals surface area contributed by atoms with Crippen molar-refractivity contribution in [1.82, 2.24) is 16.0 Å². The Balaban J connectivity index is 1.66. The molecule has 0 bridgehead atoms. The number of carbonyl (C=O) groups excluding carboxylic acids is 2. The van der Waals surface area contributed by atoms with Gasteiger partial charge in [-0.2, -0.15) is 0 Å². The number of aliphatic imine (C=N–C) groups is 1. The molecule has 0 unspecified atom stereocenters. The summed E-state index contributed by atoms with van der Waals surface area (Å²) in [6.45, 7) is 0.938. The number of nitrogens with zero attached hydrogens (tertiary/aromatic N) is 1. The zero-order valence-electron chi connectivity index (χ0n) is 18.3. The van der Waals surface area contributed by atoms with E-state index in [1.54, 1.807) is 0 Å². The number of carboxylic acids is 1. The number of aliphatic carboxylic acids is 1. The topological polar surface area (TPSA) is 172 Å². The van der Waals surface area contributed by atoms with Crippen LogP contribution in [0.5, 0.6) is 11.5 Å². The number of phenolic OH excluding ortho intramolecular Hbond substituents is 2. The van der Waals surface area contributed by atoms with Crippen LogP contribution in [0.3, 0.4) is 0 Å². The SMILES string of the molecule is O=C(O)C[C@H](NC(=O)CNC(=O)c1cc(O)cc(NC2=NCCCN2)c1)c1cc(Cl)cc(I)c1O. The number of guanidine groups is 1. The second-order valence-electron chi connectivity index (χ2n) is 7.63. The highest BCUT2D eigenvalue weighted by molar-refractivity contribution is 14.1. The Labute approximate surface area is 219 Å². The molecule has 0 saturated heterocycles. The zero-order valence-corrected chi connectivity index (χ0v) is 21.2. The highest BCUT2D eigenvalue weighted by atomic mass is 127. The number of amides is 2. The number of carbonyl (C=O) groups is 3. The van der Waals surface area contributed by atoms with Crippen LogP contribution in [0.2, 0.25) is 5.02 Å². The third kappa shape index (κ3) is 7.62. The van der Waals surface area contributed by atoms with E-state index in [2.05, 4.69) is 26.3 Å². The second kappa shape index (κ2) is 11.9. The second-order valence-corrected chi connectivity index (χ2v) is 9.23. The first-order valence-electron chi connectivity index (χ1n) is 10.5. The van der Waals surface area contributed by atoms with Crippen molar-refractivity contribution in [1.29, 1.82) is 0 Å². The number of halogens is 2. The van der Waals surface area contributed by atoms with Crippen LogP contribution in [-0.2, 0) is 9.59 Å². The van der Waals surface area contributed by atoms with Crippen LogP contribution in [-0.4, -0.2) is 58.7 Å². The highest BCUT2D eigenvalue weighted by Gasteiger charge is 2.23. The Morgan fingerprint density at radius 1 is 1.17 bits per heavy atom. The summed E-state index contributed by atoms with van der Waals surface area (Å²) in [4.78, 5) is 40.7. The normalized spacial score (nSPS) is 13.7. The van der Waals surface area contributed by atoms with Crippen LogP contribution in [0.15, 0.2) is 35.3 Å². The molecule has 1 aliphatic heterocycles. The number of benzene rings is 2. The molecule has 3 rings (SSSR count). The van der Waals surface area contributed by atoms with Crippen molar-refractivity contribution >= 4 is 63.6 Å². The van der Waals surface area contributed by atoms with Gasteiger partial charge in [0.25, 0.3) is 5.91 Å². The van der Waals surface area contributed by atoms with Crippen LogP contribution in [0.25, 0.3) is 0 Å². The molecule has 186 valence electrons. The molecular formula is C22H23ClIN5O6. The Bertz CT molecular complexity index is 1180. The maximum atomic E-state index is 12.6. The van der Waals surface area contributed by atoms with E-state index in [0.717, 1.165) is 13.0 Å². The van der Waals surface area contributed by atoms with E-state index in [-0.39, 0.29) is 27.6 Å². The van der Waals surface area contributed by atoms with Gasteiger partial charge in [-0.25, -0.2) is 0 Å². The Hall–Kier alpha value is -3.26. The third-order valence-corrected chi connectivity index (χ3v) is 5.94. The molecule has 11 nitrogen and oxygen atoms in total. The van der Waals surface area contributed by atoms with Crippen molar-refractivity contribution in [2.75, 3.05) is 25.0 Å². The molecule has 2 amide bonds. The minimum Gasteiger partial charge on any atom is -0.508 e. The summed E-state index contributed by atoms with van der Waals surface area (Å²) in [6.07, 6.45) is 0.396. The molecule has 13 heteroatoms. The quantitative estimate of drug-likeness (QED) is 0.221. The monoisotopic (exact) mass is 615 g/mol. The highest BCUT2D eigenvalue weighted by Crippen LogP contribution is 2.34. The molecule has 7 N–H and O–H groups in total. The van der Waals surface area contributed by atoms with E-state index in [9.17, 15) is 29.7 Å². The van der Waals surface area contributed by atoms with Crippen molar-refractivity contribution in [2.45, 2.75) is 18.9 Å². The standard InChI is InChI=1S/C22H23ClIN5O6/c23-12-6-15(20(34)16(24)7-12)17(9-19(32)33)29-18(31)10-27-21(35)11-4-13(8-14(30)5-11)28-22-25-2-1-3-26-22/h4-8,17,30,34H,1-3,9-10H2,(H,27,35)(H,29,31)(H,32,33)(H2,25,26,28)/t17-/m0/s1. The van der Waals surface area contributed by atoms with Gasteiger partial charge >= 0.3 is 5.97 Å². The number of nitrogens with one attached hydrogen (secondary N) is 4. The van der Waals surface area contributed by atoms with Gasteiger partial charge in [0.15, 0.2) is 5.96 Å². The molecule has 1 aliphatic rings. The molecule has 1 heterocycles. The average Bonchev–Trinajstić information content (AvgIpc) is 2.79. The molecule has 0 fully saturated rings. The number of hydrogen-bond donors (Lipinski definition) is 7. The molecule has 0 aliphatic carbocycles. The molecule has 2 aromatic carbocycles. The van der Waals surface area contributed by atoms with E-state index in [1.165, 1.54) is 30.3 Å². The lowest BCUT2D eigenvalue weighted by Crippen LogP contribution is -2.39. The van der Waals surface area contributed by atoms with Gasteiger partial charge in [0.1, 0.15) is 11.5 Å². The summed E-state index contributed by atoms with van der Waals surface area (Å²) in [6, 6.07) is 5.95. The van der Waals surface area contributed by atoms with E-state index in [0.29, 0.717) is 21.8 Å². The lowest BCUT2D eigenvalue weighted by Gasteiger charge is -2.20. The maximum Gasteiger partial charge on any atom is 0.305 e. The molecule has 0 saturated carbocycles. The van der Waals surface area contributed by atoms with E-state index < -0.39 is 36.8 Å². The van der Waals surface area contributed by atoms with Crippen molar-refractivity contribution < 1.29 is 29.7 Å². The third-order valence-electron chi connectivity index (χ3n) is 4.90. The Kier molecular flexibility index (Phi) is 8.98. The van der Waals surface area contributed by atoms with Gasteiger partial charge in [-0.05, 0) is 53.3 Å². The van der Waals surface area contributed by atoms with Crippen LogP contribution >= 0.6 is 34.2 Å². The van der Waals surface area contributed by atoms with Gasteiger partial charge in [-0.3, -0.25) is 19.4 Å². The van der Waals surface area contributed by atoms with Crippen LogP contribution in [0, 0.1) is 3.57 Å². The van der Waals surface area contributed by atoms with Gasteiger partial charge in [-0.15, -0.1) is 0 Å². The van der Waals surface area contributed by atoms with Crippen LogP contribution < -0.4 is 21.3 Å². The zero-order chi connectivity index (χ0) is 25.5. The number of hydrogen-bond acceptors (Lipinski definition) is 8. The first-order chi connectivity index (χ1) is 16.6. The van der Waals surface area contributed by atoms with Crippen LogP contribution in [0.1, 0.15) is 34.8 Å². The number of aromatic hydroxyl groups is 2. The molecule has 1 atom stereocenters. The Morgan fingerprint density at radius 2 is 1.94 bits per heavy atom. The predicted octanol–water partition coefficient (Wildman–Crippen LogP) is 2.18. The summed E-state index contributed by atoms with van der Waals surface area (Å²) >= 11 is 7.87. The van der Waals surface area contributed by atoms with Gasteiger partial charge in [0, 0.05) is 41.0 Å². The first kappa shape index (κ1) is 26.3. The van der Waals surface area contributed by atoms with Gasteiger partial charge in [0.05, 0.1) is 22.6 Å². The summed E-state index contributed by atoms with van der Waals surface area (Å²) in [5, 5.41) is 40.8. The average molecular weight is 616 g/mol. The number of anilines is 1. The predicted molar refractivity (Wildman–Crippen MR) is 138 cm³/mol. The Morgan fingerprint density at radius 3 is 2.63 bits per heavy atom. The fourth-order valence-electron chi connectivity index (χ4n) is 3.34. The van der Waals surface area contributed by atoms with Gasteiger partial charge in [0.2, 0.25) is 5.91 Å². The molecule has 0 aromatic heterocycles. The fraction of sp³-hybridized carbons (Fsp3) is 0.273. The first-order valence-corrected chi connectivity index (χ1v) is 11.9. The lowest BCUT2D eigenvalue weighted by molar-refractivity contribution is -0.137. The molecule has 2 aromatic rings. The van der Waals surface area contributed by atoms with Crippen molar-refractivity contribution in [2.24, 2.45) is 4.99 Å². The number of carboxylic acid groups (broad SMARTS) is 1. The maximum absolute atomic E-state index is 12.6. The lowest BCUT2D eigenvalue weighted by atomic mass is 10.0. The largest absolute Gasteiger partial charge is 0.508 e. The molecule has 0 radical (unpaired) electrons. The minimum absolute atomic E-state index is 0.0980. The van der Waals surface area contributed by atoms with E-state index in [4.69, 9.17) is 11.6 Å². The minimum atomic E-state index is -1.20. The summed E-state index contributed by atoms with van der Waals surface area (Å²) in [5.41, 5.74) is 0.674. The molecule has 0 spiro atoms. The van der Waals surface area contributed by atoms with Gasteiger partial charge < -0.3 is 36.6 Å². The van der Waals surface area contributed by atoms with Crippen molar-refractivity contribution in [3.63, 3.8) is 0 Å². The van der Waals surface area contributed by atoms with Gasteiger partial charge in [-0.1, -0.05) is 11.6 Å². The van der Waals surface area contributed by atoms with Crippen LogP contribution in [0.4, 0.5) is 5.69 Å². The summed E-state index contributed by atoms with van der Waals surface area (Å²) < 4.78 is 0.394. The number of phenols is 2. The molecule has 35 heavy (non-hydrogen) atoms. The summed E-state index contributed by atoms with van der Waals surface area (Å²) in [7, 11) is 0.